The van der Waals surface area contributed by atoms with Crippen molar-refractivity contribution in [2.45, 2.75) is 6.92 Å². The lowest BCUT2D eigenvalue weighted by Crippen LogP contribution is -2.02. The van der Waals surface area contributed by atoms with Crippen LogP contribution in [0.15, 0.2) is 12.7 Å². The molecule has 11 heavy (non-hydrogen) atoms. The van der Waals surface area contributed by atoms with Crippen molar-refractivity contribution < 1.29 is 5.21 Å². The highest BCUT2D eigenvalue weighted by molar-refractivity contribution is 5.52. The lowest BCUT2D eigenvalue weighted by molar-refractivity contribution is 0.182. The van der Waals surface area contributed by atoms with Crippen LogP contribution >= 0.6 is 0 Å². The highest BCUT2D eigenvalue weighted by Gasteiger charge is 2.12. The van der Waals surface area contributed by atoms with Gasteiger partial charge in [0.25, 0.3) is 0 Å². The predicted octanol–water partition coefficient (Wildman–Crippen LogP) is 0.324. The molecule has 5 heteroatoms. The van der Waals surface area contributed by atoms with E-state index >= 15 is 0 Å². The largest absolute Gasteiger partial charge is 0.425 e. The Morgan fingerprint density at radius 3 is 2.91 bits per heavy atom. The third-order valence-electron chi connectivity index (χ3n) is 1.50. The first-order valence-electron chi connectivity index (χ1n) is 3.13. The standard InChI is InChI=1S/C6H6N4O/c1-4-5-6(8-2-7-5)10(11)3-9-4/h2-3,11H,1H3. The second-order valence-electron chi connectivity index (χ2n) is 2.22. The van der Waals surface area contributed by atoms with E-state index in [0.29, 0.717) is 11.5 Å². The van der Waals surface area contributed by atoms with Gasteiger partial charge >= 0.3 is 0 Å². The molecule has 0 saturated heterocycles. The van der Waals surface area contributed by atoms with Crippen LogP contribution < -0.4 is 0 Å². The molecule has 0 unspecified atom stereocenters. The van der Waals surface area contributed by atoms with Gasteiger partial charge in [0, 0.05) is 0 Å². The third-order valence-corrected chi connectivity index (χ3v) is 1.50. The number of rotatable bonds is 0. The topological polar surface area (TPSA) is 63.8 Å². The quantitative estimate of drug-likeness (QED) is 0.549. The molecule has 0 aliphatic carbocycles. The molecule has 0 radical (unpaired) electrons. The third kappa shape index (κ3) is 0.739. The zero-order chi connectivity index (χ0) is 7.84. The normalized spacial score (nSPS) is 10.6. The molecule has 2 heterocycles. The second kappa shape index (κ2) is 1.91. The summed E-state index contributed by atoms with van der Waals surface area (Å²) in [5.74, 6) is 0.442. The van der Waals surface area contributed by atoms with Crippen LogP contribution in [-0.4, -0.2) is 24.9 Å². The molecule has 0 bridgehead atoms. The average molecular weight is 150 g/mol. The molecule has 2 aliphatic rings. The minimum absolute atomic E-state index is 0.442. The molecule has 0 amide bonds. The first kappa shape index (κ1) is 6.09. The van der Waals surface area contributed by atoms with E-state index in [-0.39, 0.29) is 0 Å². The fourth-order valence-electron chi connectivity index (χ4n) is 0.940. The average Bonchev–Trinajstić information content (AvgIpc) is 2.45. The van der Waals surface area contributed by atoms with Crippen molar-refractivity contribution in [3.05, 3.63) is 18.3 Å². The van der Waals surface area contributed by atoms with E-state index in [0.717, 1.165) is 10.4 Å². The Kier molecular flexibility index (Phi) is 1.06. The Morgan fingerprint density at radius 1 is 1.36 bits per heavy atom. The Balaban J connectivity index is 2.82. The fraction of sp³-hybridized carbons (Fsp3) is 0.167. The van der Waals surface area contributed by atoms with Gasteiger partial charge in [-0.15, -0.1) is 0 Å². The maximum Gasteiger partial charge on any atom is 0.199 e. The number of hydrogen-bond acceptors (Lipinski definition) is 4. The summed E-state index contributed by atoms with van der Waals surface area (Å²) in [4.78, 5) is 11.7. The van der Waals surface area contributed by atoms with Gasteiger partial charge in [-0.25, -0.2) is 15.0 Å². The summed E-state index contributed by atoms with van der Waals surface area (Å²) in [7, 11) is 0. The molecular weight excluding hydrogens is 144 g/mol. The number of hydrogen-bond donors (Lipinski definition) is 1. The van der Waals surface area contributed by atoms with Gasteiger partial charge in [0.15, 0.2) is 5.82 Å². The zero-order valence-corrected chi connectivity index (χ0v) is 5.89. The number of imidazole rings is 1. The van der Waals surface area contributed by atoms with Crippen LogP contribution in [0.1, 0.15) is 5.69 Å². The smallest absolute Gasteiger partial charge is 0.199 e. The monoisotopic (exact) mass is 150 g/mol. The van der Waals surface area contributed by atoms with Crippen LogP contribution in [0.4, 0.5) is 0 Å². The molecule has 2 aliphatic heterocycles. The maximum absolute atomic E-state index is 9.14. The van der Waals surface area contributed by atoms with Crippen molar-refractivity contribution in [3.8, 4) is 11.5 Å². The minimum atomic E-state index is 0.442. The van der Waals surface area contributed by atoms with E-state index in [4.69, 9.17) is 5.21 Å². The van der Waals surface area contributed by atoms with Crippen LogP contribution in [0.5, 0.6) is 0 Å². The van der Waals surface area contributed by atoms with Crippen molar-refractivity contribution in [2.75, 3.05) is 0 Å². The van der Waals surface area contributed by atoms with Crippen LogP contribution in [0, 0.1) is 6.92 Å². The molecule has 0 aromatic carbocycles. The zero-order valence-electron chi connectivity index (χ0n) is 5.89. The highest BCUT2D eigenvalue weighted by atomic mass is 16.5. The highest BCUT2D eigenvalue weighted by Crippen LogP contribution is 2.16. The van der Waals surface area contributed by atoms with Crippen LogP contribution in [0.3, 0.4) is 0 Å². The van der Waals surface area contributed by atoms with Gasteiger partial charge in [-0.2, -0.15) is 4.73 Å². The summed E-state index contributed by atoms with van der Waals surface area (Å²) < 4.78 is 0.856. The molecule has 0 atom stereocenters. The molecule has 1 N–H and O–H groups in total. The summed E-state index contributed by atoms with van der Waals surface area (Å²) in [5, 5.41) is 9.14. The van der Waals surface area contributed by atoms with E-state index in [1.165, 1.54) is 12.7 Å². The SMILES string of the molecule is Cc1ncn(O)c2ncnc1-2. The van der Waals surface area contributed by atoms with E-state index < -0.39 is 0 Å². The van der Waals surface area contributed by atoms with E-state index in [2.05, 4.69) is 15.0 Å². The van der Waals surface area contributed by atoms with Gasteiger partial charge in [0.1, 0.15) is 18.3 Å². The van der Waals surface area contributed by atoms with Gasteiger partial charge in [0.2, 0.25) is 0 Å². The molecule has 5 nitrogen and oxygen atoms in total. The fourth-order valence-corrected chi connectivity index (χ4v) is 0.940. The van der Waals surface area contributed by atoms with Gasteiger partial charge < -0.3 is 5.21 Å². The predicted molar refractivity (Wildman–Crippen MR) is 36.4 cm³/mol. The Labute approximate surface area is 62.7 Å². The van der Waals surface area contributed by atoms with Crippen molar-refractivity contribution in [2.24, 2.45) is 0 Å². The van der Waals surface area contributed by atoms with Crippen LogP contribution in [-0.2, 0) is 0 Å². The molecule has 0 fully saturated rings. The number of fused-ring (bicyclic) bond motifs is 1. The number of aromatic nitrogens is 4. The van der Waals surface area contributed by atoms with Gasteiger partial charge in [-0.05, 0) is 6.92 Å². The summed E-state index contributed by atoms with van der Waals surface area (Å²) >= 11 is 0. The van der Waals surface area contributed by atoms with Crippen LogP contribution in [0.25, 0.3) is 11.5 Å². The molecule has 0 aromatic rings. The van der Waals surface area contributed by atoms with Crippen LogP contribution in [0.2, 0.25) is 0 Å². The maximum atomic E-state index is 9.14. The van der Waals surface area contributed by atoms with Gasteiger partial charge in [-0.3, -0.25) is 0 Å². The summed E-state index contributed by atoms with van der Waals surface area (Å²) in [5.41, 5.74) is 1.40. The molecule has 2 rings (SSSR count). The van der Waals surface area contributed by atoms with Gasteiger partial charge in [-0.1, -0.05) is 0 Å². The summed E-state index contributed by atoms with van der Waals surface area (Å²) in [6, 6.07) is 0. The minimum Gasteiger partial charge on any atom is -0.425 e. The first-order chi connectivity index (χ1) is 5.29. The van der Waals surface area contributed by atoms with Crippen molar-refractivity contribution in [3.63, 3.8) is 0 Å². The molecule has 0 spiro atoms. The summed E-state index contributed by atoms with van der Waals surface area (Å²) in [6.07, 6.45) is 2.69. The van der Waals surface area contributed by atoms with Crippen molar-refractivity contribution in [1.29, 1.82) is 0 Å². The lowest BCUT2D eigenvalue weighted by atomic mass is 10.3. The van der Waals surface area contributed by atoms with E-state index in [1.807, 2.05) is 6.92 Å². The van der Waals surface area contributed by atoms with Gasteiger partial charge in [0.05, 0.1) is 5.69 Å². The number of aryl methyl sites for hydroxylation is 1. The van der Waals surface area contributed by atoms with Crippen molar-refractivity contribution in [1.82, 2.24) is 19.7 Å². The molecular formula is C6H6N4O. The second-order valence-corrected chi connectivity index (χ2v) is 2.22. The number of nitrogens with zero attached hydrogens (tertiary/aromatic N) is 4. The van der Waals surface area contributed by atoms with Crippen molar-refractivity contribution >= 4 is 0 Å². The van der Waals surface area contributed by atoms with E-state index in [1.54, 1.807) is 0 Å². The first-order valence-corrected chi connectivity index (χ1v) is 3.13. The molecule has 0 aromatic heterocycles. The Bertz CT molecular complexity index is 323. The lowest BCUT2D eigenvalue weighted by Gasteiger charge is -2.02. The Morgan fingerprint density at radius 2 is 2.18 bits per heavy atom. The molecule has 0 saturated carbocycles. The summed E-state index contributed by atoms with van der Waals surface area (Å²) in [6.45, 7) is 1.82. The van der Waals surface area contributed by atoms with E-state index in [9.17, 15) is 0 Å². The Hall–Kier alpha value is -1.65. The molecule has 56 valence electrons.